The van der Waals surface area contributed by atoms with Crippen LogP contribution in [0.15, 0.2) is 45.0 Å². The largest absolute Gasteiger partial charge is 0.476 e. The van der Waals surface area contributed by atoms with Crippen LogP contribution in [0, 0.1) is 27.7 Å². The van der Waals surface area contributed by atoms with E-state index in [4.69, 9.17) is 5.11 Å². The van der Waals surface area contributed by atoms with Gasteiger partial charge in [0.15, 0.2) is 5.69 Å². The highest BCUT2D eigenvalue weighted by Crippen LogP contribution is 2.31. The first-order valence-corrected chi connectivity index (χ1v) is 18.7. The first-order chi connectivity index (χ1) is 24.7. The fourth-order valence-corrected chi connectivity index (χ4v) is 6.18. The van der Waals surface area contributed by atoms with Gasteiger partial charge in [0.05, 0.1) is 34.1 Å². The van der Waals surface area contributed by atoms with E-state index >= 15 is 0 Å². The molecule has 0 bridgehead atoms. The maximum Gasteiger partial charge on any atom is 0.410 e. The second-order valence-corrected chi connectivity index (χ2v) is 15.1. The number of amides is 1. The average molecular weight is 889 g/mol. The maximum absolute atomic E-state index is 13.0. The summed E-state index contributed by atoms with van der Waals surface area (Å²) in [7, 11) is 3.94. The number of rotatable bonds is 13. The van der Waals surface area contributed by atoms with Gasteiger partial charge < -0.3 is 20.2 Å². The van der Waals surface area contributed by atoms with Crippen molar-refractivity contribution in [2.24, 2.45) is 9.98 Å². The van der Waals surface area contributed by atoms with Gasteiger partial charge in [-0.15, -0.1) is 52.1 Å². The molecule has 0 saturated carbocycles. The van der Waals surface area contributed by atoms with Crippen molar-refractivity contribution in [2.75, 3.05) is 27.2 Å². The summed E-state index contributed by atoms with van der Waals surface area (Å²) in [5.74, 6) is -1.82. The SMILES string of the molecule is Br.CCN(C)C=Nc1cc(C)c(Cc2nc(C(=O)NC(C)(C)C(F)(F)F)cs2)cc1C.CCN(C)C=Nc1cc(C)c(Cc2nc(C(=O)O)cs2)cc1C.Cl. The van der Waals surface area contributed by atoms with Gasteiger partial charge in [-0.2, -0.15) is 13.2 Å². The number of nitrogens with one attached hydrogen (secondary N) is 1. The van der Waals surface area contributed by atoms with Crippen LogP contribution in [0.5, 0.6) is 0 Å². The highest BCUT2D eigenvalue weighted by Gasteiger charge is 2.48. The molecule has 0 aliphatic heterocycles. The number of benzene rings is 2. The van der Waals surface area contributed by atoms with E-state index in [1.165, 1.54) is 28.1 Å². The molecule has 10 nitrogen and oxygen atoms in total. The van der Waals surface area contributed by atoms with Crippen molar-refractivity contribution in [3.63, 3.8) is 0 Å². The number of carbonyl (C=O) groups is 2. The van der Waals surface area contributed by atoms with Gasteiger partial charge in [-0.3, -0.25) is 4.79 Å². The summed E-state index contributed by atoms with van der Waals surface area (Å²) < 4.78 is 39.0. The van der Waals surface area contributed by atoms with Crippen molar-refractivity contribution in [1.82, 2.24) is 25.1 Å². The molecule has 0 radical (unpaired) electrons. The lowest BCUT2D eigenvalue weighted by Gasteiger charge is -2.28. The van der Waals surface area contributed by atoms with Crippen molar-refractivity contribution in [3.8, 4) is 0 Å². The molecule has 302 valence electrons. The Hall–Kier alpha value is -3.86. The van der Waals surface area contributed by atoms with Crippen molar-refractivity contribution < 1.29 is 27.9 Å². The molecule has 0 spiro atoms. The molecule has 0 saturated heterocycles. The number of alkyl halides is 3. The molecule has 4 rings (SSSR count). The number of aromatic nitrogens is 2. The van der Waals surface area contributed by atoms with E-state index in [2.05, 4.69) is 39.0 Å². The molecule has 2 heterocycles. The summed E-state index contributed by atoms with van der Waals surface area (Å²) in [6, 6.07) is 8.20. The second-order valence-electron chi connectivity index (χ2n) is 13.3. The molecule has 4 aromatic rings. The highest BCUT2D eigenvalue weighted by atomic mass is 79.9. The van der Waals surface area contributed by atoms with Crippen molar-refractivity contribution >= 4 is 88.0 Å². The monoisotopic (exact) mass is 887 g/mol. The molecule has 1 amide bonds. The summed E-state index contributed by atoms with van der Waals surface area (Å²) in [4.78, 5) is 44.5. The Balaban J connectivity index is 0.000000547. The normalized spacial score (nSPS) is 11.4. The van der Waals surface area contributed by atoms with E-state index in [1.54, 1.807) is 11.7 Å². The van der Waals surface area contributed by atoms with Crippen LogP contribution >= 0.6 is 52.1 Å². The van der Waals surface area contributed by atoms with Crippen LogP contribution in [0.2, 0.25) is 0 Å². The minimum Gasteiger partial charge on any atom is -0.476 e. The van der Waals surface area contributed by atoms with Gasteiger partial charge in [0, 0.05) is 50.8 Å². The number of nitrogens with zero attached hydrogens (tertiary/aromatic N) is 6. The summed E-state index contributed by atoms with van der Waals surface area (Å²) in [5.41, 5.74) is 6.07. The summed E-state index contributed by atoms with van der Waals surface area (Å²) >= 11 is 2.63. The molecule has 0 fully saturated rings. The molecule has 0 aliphatic carbocycles. The smallest absolute Gasteiger partial charge is 0.410 e. The van der Waals surface area contributed by atoms with Crippen LogP contribution in [0.25, 0.3) is 0 Å². The molecule has 0 unspecified atom stereocenters. The van der Waals surface area contributed by atoms with E-state index in [-0.39, 0.29) is 40.8 Å². The van der Waals surface area contributed by atoms with Crippen molar-refractivity contribution in [3.05, 3.63) is 89.8 Å². The number of carboxylic acid groups (broad SMARTS) is 1. The lowest BCUT2D eigenvalue weighted by atomic mass is 10.0. The molecular weight excluding hydrogens is 839 g/mol. The fraction of sp³-hybridized carbons (Fsp3) is 0.421. The Labute approximate surface area is 346 Å². The summed E-state index contributed by atoms with van der Waals surface area (Å²) in [6.07, 6.45) is 0.207. The summed E-state index contributed by atoms with van der Waals surface area (Å²) in [5, 5.41) is 15.5. The van der Waals surface area contributed by atoms with Crippen LogP contribution < -0.4 is 5.32 Å². The maximum atomic E-state index is 13.0. The molecule has 2 aromatic heterocycles. The molecule has 55 heavy (non-hydrogen) atoms. The third kappa shape index (κ3) is 14.3. The van der Waals surface area contributed by atoms with Crippen LogP contribution in [0.4, 0.5) is 24.5 Å². The predicted octanol–water partition coefficient (Wildman–Crippen LogP) is 9.69. The van der Waals surface area contributed by atoms with E-state index in [1.807, 2.05) is 82.3 Å². The van der Waals surface area contributed by atoms with Crippen LogP contribution in [-0.4, -0.2) is 88.3 Å². The van der Waals surface area contributed by atoms with Crippen molar-refractivity contribution in [1.29, 1.82) is 0 Å². The molecule has 17 heteroatoms. The lowest BCUT2D eigenvalue weighted by Crippen LogP contribution is -2.54. The van der Waals surface area contributed by atoms with Crippen LogP contribution in [0.1, 0.15) is 92.1 Å². The number of aryl methyl sites for hydroxylation is 4. The third-order valence-corrected chi connectivity index (χ3v) is 10.2. The Kier molecular flexibility index (Phi) is 19.2. The van der Waals surface area contributed by atoms with Gasteiger partial charge in [-0.25, -0.2) is 24.7 Å². The number of carbonyl (C=O) groups excluding carboxylic acids is 1. The Morgan fingerprint density at radius 2 is 1.18 bits per heavy atom. The van der Waals surface area contributed by atoms with Crippen molar-refractivity contribution in [2.45, 2.75) is 79.9 Å². The predicted molar refractivity (Wildman–Crippen MR) is 227 cm³/mol. The van der Waals surface area contributed by atoms with E-state index in [9.17, 15) is 22.8 Å². The number of aliphatic imine (C=N–C) groups is 2. The number of aromatic carboxylic acids is 1. The molecule has 0 atom stereocenters. The Morgan fingerprint density at radius 1 is 0.782 bits per heavy atom. The van der Waals surface area contributed by atoms with Gasteiger partial charge in [0.25, 0.3) is 5.91 Å². The summed E-state index contributed by atoms with van der Waals surface area (Å²) in [6.45, 7) is 15.8. The van der Waals surface area contributed by atoms with E-state index < -0.39 is 23.6 Å². The minimum absolute atomic E-state index is 0. The zero-order valence-electron chi connectivity index (χ0n) is 32.7. The highest BCUT2D eigenvalue weighted by molar-refractivity contribution is 8.93. The number of carboxylic acids is 1. The second kappa shape index (κ2) is 21.4. The zero-order chi connectivity index (χ0) is 39.7. The van der Waals surface area contributed by atoms with Crippen LogP contribution in [0.3, 0.4) is 0 Å². The molecule has 0 aliphatic rings. The van der Waals surface area contributed by atoms with Gasteiger partial charge in [0.1, 0.15) is 11.2 Å². The van der Waals surface area contributed by atoms with E-state index in [0.29, 0.717) is 17.8 Å². The first kappa shape index (κ1) is 49.2. The standard InChI is InChI=1S/C21H27F3N4OS.C17H21N3O2S.BrH.ClH/c1-7-28(6)12-25-16-9-13(2)15(8-14(16)3)10-18-26-17(11-30-18)19(29)27-20(4,5)21(22,23)24;1-5-20(4)10-18-14-7-11(2)13(6-12(14)3)8-16-19-15(9-23-16)17(21)22;;/h8-9,11-12H,7,10H2,1-6H3,(H,27,29);6-7,9-10H,5,8H2,1-4H3,(H,21,22);2*1H. The number of hydrogen-bond donors (Lipinski definition) is 2. The van der Waals surface area contributed by atoms with Gasteiger partial charge in [0.2, 0.25) is 0 Å². The van der Waals surface area contributed by atoms with E-state index in [0.717, 1.165) is 76.7 Å². The number of hydrogen-bond acceptors (Lipinski definition) is 8. The molecular formula is C38H50BrClF3N7O3S2. The number of halogens is 5. The molecule has 2 aromatic carbocycles. The first-order valence-electron chi connectivity index (χ1n) is 16.9. The Morgan fingerprint density at radius 3 is 1.55 bits per heavy atom. The lowest BCUT2D eigenvalue weighted by molar-refractivity contribution is -0.182. The zero-order valence-corrected chi connectivity index (χ0v) is 36.8. The third-order valence-electron chi connectivity index (χ3n) is 8.47. The quantitative estimate of drug-likeness (QED) is 0.101. The number of thiazole rings is 2. The van der Waals surface area contributed by atoms with Gasteiger partial charge in [-0.1, -0.05) is 12.1 Å². The van der Waals surface area contributed by atoms with Gasteiger partial charge >= 0.3 is 12.1 Å². The van der Waals surface area contributed by atoms with Crippen LogP contribution in [-0.2, 0) is 12.8 Å². The fourth-order valence-electron chi connectivity index (χ4n) is 4.60. The minimum atomic E-state index is -4.55. The topological polar surface area (TPSA) is 123 Å². The average Bonchev–Trinajstić information content (AvgIpc) is 3.76. The molecule has 2 N–H and O–H groups in total. The van der Waals surface area contributed by atoms with Gasteiger partial charge in [-0.05, 0) is 101 Å². The Bertz CT molecular complexity index is 1970.